The predicted molar refractivity (Wildman–Crippen MR) is 116 cm³/mol. The number of hydrogen-bond donors (Lipinski definition) is 0. The highest BCUT2D eigenvalue weighted by Gasteiger charge is 2.52. The Morgan fingerprint density at radius 1 is 1.17 bits per heavy atom. The molecule has 0 N–H and O–H groups in total. The van der Waals surface area contributed by atoms with Gasteiger partial charge in [0.2, 0.25) is 0 Å². The Morgan fingerprint density at radius 2 is 1.90 bits per heavy atom. The molecule has 0 spiro atoms. The standard InChI is InChI=1S/C25H33FN2O2/c1-17-4-3-9-25(2)15-23-20(14-22(17)25)21(24(29)30-23)16-27-10-12-28(13-11-27)19-7-5-18(26)6-8-19/h5-8,14,17,20-21,23H,3-4,9-13,15-16H2,1-2H3/t17-,20+,21-,23-,25+/m1/s1. The van der Waals surface area contributed by atoms with Gasteiger partial charge in [-0.2, -0.15) is 0 Å². The Morgan fingerprint density at radius 3 is 2.63 bits per heavy atom. The van der Waals surface area contributed by atoms with Crippen molar-refractivity contribution in [2.45, 2.75) is 45.6 Å². The van der Waals surface area contributed by atoms with Crippen LogP contribution in [-0.2, 0) is 9.53 Å². The zero-order valence-corrected chi connectivity index (χ0v) is 18.1. The van der Waals surface area contributed by atoms with Crippen LogP contribution in [-0.4, -0.2) is 49.7 Å². The van der Waals surface area contributed by atoms with Crippen molar-refractivity contribution in [1.82, 2.24) is 4.90 Å². The molecule has 0 unspecified atom stereocenters. The number of allylic oxidation sites excluding steroid dienone is 1. The molecule has 5 atom stereocenters. The largest absolute Gasteiger partial charge is 0.461 e. The molecule has 2 heterocycles. The molecule has 2 aliphatic heterocycles. The van der Waals surface area contributed by atoms with Crippen LogP contribution in [0.4, 0.5) is 10.1 Å². The van der Waals surface area contributed by atoms with Crippen LogP contribution in [0, 0.1) is 29.0 Å². The van der Waals surface area contributed by atoms with E-state index in [1.54, 1.807) is 5.57 Å². The maximum Gasteiger partial charge on any atom is 0.311 e. The summed E-state index contributed by atoms with van der Waals surface area (Å²) in [5.41, 5.74) is 2.87. The number of rotatable bonds is 3. The second-order valence-electron chi connectivity index (χ2n) is 10.1. The number of hydrogen-bond acceptors (Lipinski definition) is 4. The summed E-state index contributed by atoms with van der Waals surface area (Å²) in [5.74, 6) is 0.615. The minimum Gasteiger partial charge on any atom is -0.461 e. The maximum atomic E-state index is 13.2. The molecule has 0 aromatic heterocycles. The Hall–Kier alpha value is -1.88. The first-order valence-corrected chi connectivity index (χ1v) is 11.6. The van der Waals surface area contributed by atoms with Gasteiger partial charge in [0.05, 0.1) is 5.92 Å². The van der Waals surface area contributed by atoms with Gasteiger partial charge in [0.15, 0.2) is 0 Å². The van der Waals surface area contributed by atoms with Crippen molar-refractivity contribution in [2.75, 3.05) is 37.6 Å². The summed E-state index contributed by atoms with van der Waals surface area (Å²) in [6.07, 6.45) is 7.27. The topological polar surface area (TPSA) is 32.8 Å². The number of anilines is 1. The summed E-state index contributed by atoms with van der Waals surface area (Å²) in [6.45, 7) is 9.15. The Labute approximate surface area is 179 Å². The van der Waals surface area contributed by atoms with E-state index < -0.39 is 0 Å². The average Bonchev–Trinajstić information content (AvgIpc) is 3.01. The third kappa shape index (κ3) is 3.55. The van der Waals surface area contributed by atoms with Crippen molar-refractivity contribution in [2.24, 2.45) is 23.2 Å². The highest BCUT2D eigenvalue weighted by molar-refractivity contribution is 5.76. The van der Waals surface area contributed by atoms with E-state index in [9.17, 15) is 9.18 Å². The lowest BCUT2D eigenvalue weighted by atomic mass is 9.59. The lowest BCUT2D eigenvalue weighted by Gasteiger charge is -2.46. The molecule has 0 bridgehead atoms. The summed E-state index contributed by atoms with van der Waals surface area (Å²) in [6, 6.07) is 6.74. The Bertz CT molecular complexity index is 830. The van der Waals surface area contributed by atoms with Crippen LogP contribution in [0.3, 0.4) is 0 Å². The number of nitrogens with zero attached hydrogens (tertiary/aromatic N) is 2. The molecular weight excluding hydrogens is 379 g/mol. The molecule has 162 valence electrons. The molecule has 4 aliphatic rings. The monoisotopic (exact) mass is 412 g/mol. The molecule has 5 rings (SSSR count). The van der Waals surface area contributed by atoms with Crippen LogP contribution >= 0.6 is 0 Å². The van der Waals surface area contributed by atoms with Crippen LogP contribution in [0.25, 0.3) is 0 Å². The average molecular weight is 413 g/mol. The Balaban J connectivity index is 1.25. The van der Waals surface area contributed by atoms with Crippen molar-refractivity contribution >= 4 is 11.7 Å². The molecule has 2 aliphatic carbocycles. The number of ether oxygens (including phenoxy) is 1. The smallest absolute Gasteiger partial charge is 0.311 e. The zero-order chi connectivity index (χ0) is 20.9. The van der Waals surface area contributed by atoms with Crippen molar-refractivity contribution in [1.29, 1.82) is 0 Å². The Kier molecular flexibility index (Phi) is 5.12. The summed E-state index contributed by atoms with van der Waals surface area (Å²) < 4.78 is 19.1. The third-order valence-corrected chi connectivity index (χ3v) is 8.10. The van der Waals surface area contributed by atoms with Crippen LogP contribution in [0.15, 0.2) is 35.9 Å². The molecular formula is C25H33FN2O2. The van der Waals surface area contributed by atoms with Crippen molar-refractivity contribution < 1.29 is 13.9 Å². The fourth-order valence-corrected chi connectivity index (χ4v) is 6.38. The molecule has 4 nitrogen and oxygen atoms in total. The molecule has 5 heteroatoms. The molecule has 30 heavy (non-hydrogen) atoms. The third-order valence-electron chi connectivity index (χ3n) is 8.10. The van der Waals surface area contributed by atoms with E-state index in [1.807, 2.05) is 12.1 Å². The minimum absolute atomic E-state index is 0.00212. The van der Waals surface area contributed by atoms with E-state index in [1.165, 1.54) is 31.4 Å². The quantitative estimate of drug-likeness (QED) is 0.549. The number of halogens is 1. The molecule has 1 aromatic carbocycles. The fourth-order valence-electron chi connectivity index (χ4n) is 6.38. The first kappa shape index (κ1) is 20.0. The van der Waals surface area contributed by atoms with Crippen molar-refractivity contribution in [3.8, 4) is 0 Å². The molecule has 0 amide bonds. The summed E-state index contributed by atoms with van der Waals surface area (Å²) in [5, 5.41) is 0. The SMILES string of the molecule is C[C@@H]1CCC[C@@]2(C)C[C@H]3OC(=O)[C@H](CN4CCN(c5ccc(F)cc5)CC4)[C@@H]3C=C12. The van der Waals surface area contributed by atoms with Gasteiger partial charge in [0.25, 0.3) is 0 Å². The molecule has 3 fully saturated rings. The number of carbonyl (C=O) groups is 1. The van der Waals surface area contributed by atoms with Gasteiger partial charge in [-0.3, -0.25) is 9.69 Å². The van der Waals surface area contributed by atoms with Gasteiger partial charge in [-0.05, 0) is 54.9 Å². The molecule has 1 aromatic rings. The van der Waals surface area contributed by atoms with Gasteiger partial charge >= 0.3 is 5.97 Å². The molecule has 0 radical (unpaired) electrons. The zero-order valence-electron chi connectivity index (χ0n) is 18.1. The van der Waals surface area contributed by atoms with Crippen LogP contribution in [0.5, 0.6) is 0 Å². The van der Waals surface area contributed by atoms with Gasteiger partial charge in [0.1, 0.15) is 11.9 Å². The van der Waals surface area contributed by atoms with Gasteiger partial charge in [-0.15, -0.1) is 0 Å². The van der Waals surface area contributed by atoms with Crippen LogP contribution in [0.1, 0.15) is 39.5 Å². The van der Waals surface area contributed by atoms with E-state index in [-0.39, 0.29) is 35.1 Å². The summed E-state index contributed by atoms with van der Waals surface area (Å²) in [4.78, 5) is 17.5. The van der Waals surface area contributed by atoms with E-state index in [4.69, 9.17) is 4.74 Å². The first-order chi connectivity index (χ1) is 14.4. The highest BCUT2D eigenvalue weighted by Crippen LogP contribution is 2.54. The summed E-state index contributed by atoms with van der Waals surface area (Å²) >= 11 is 0. The van der Waals surface area contributed by atoms with Crippen molar-refractivity contribution in [3.63, 3.8) is 0 Å². The summed E-state index contributed by atoms with van der Waals surface area (Å²) in [7, 11) is 0. The van der Waals surface area contributed by atoms with E-state index in [0.29, 0.717) is 5.92 Å². The number of piperazine rings is 1. The van der Waals surface area contributed by atoms with Gasteiger partial charge < -0.3 is 9.64 Å². The number of esters is 1. The number of carbonyl (C=O) groups excluding carboxylic acids is 1. The lowest BCUT2D eigenvalue weighted by molar-refractivity contribution is -0.145. The van der Waals surface area contributed by atoms with Crippen molar-refractivity contribution in [3.05, 3.63) is 41.7 Å². The van der Waals surface area contributed by atoms with E-state index in [0.717, 1.165) is 44.8 Å². The van der Waals surface area contributed by atoms with Crippen LogP contribution in [0.2, 0.25) is 0 Å². The fraction of sp³-hybridized carbons (Fsp3) is 0.640. The second-order valence-corrected chi connectivity index (χ2v) is 10.1. The minimum atomic E-state index is -0.198. The first-order valence-electron chi connectivity index (χ1n) is 11.6. The van der Waals surface area contributed by atoms with Gasteiger partial charge in [-0.25, -0.2) is 4.39 Å². The lowest BCUT2D eigenvalue weighted by Crippen LogP contribution is -2.49. The van der Waals surface area contributed by atoms with E-state index >= 15 is 0 Å². The number of benzene rings is 1. The number of fused-ring (bicyclic) bond motifs is 2. The predicted octanol–water partition coefficient (Wildman–Crippen LogP) is 4.26. The molecule has 1 saturated carbocycles. The van der Waals surface area contributed by atoms with Gasteiger partial charge in [-0.1, -0.05) is 31.9 Å². The van der Waals surface area contributed by atoms with Gasteiger partial charge in [0, 0.05) is 44.3 Å². The second kappa shape index (κ2) is 7.67. The molecule has 2 saturated heterocycles. The maximum absolute atomic E-state index is 13.2. The normalized spacial score (nSPS) is 36.7. The van der Waals surface area contributed by atoms with E-state index in [2.05, 4.69) is 29.7 Å². The van der Waals surface area contributed by atoms with Crippen LogP contribution < -0.4 is 4.90 Å². The highest BCUT2D eigenvalue weighted by atomic mass is 19.1.